The van der Waals surface area contributed by atoms with Gasteiger partial charge >= 0.3 is 0 Å². The molecule has 2 unspecified atom stereocenters. The molecule has 4 rings (SSSR count). The number of aryl methyl sites for hydroxylation is 1. The smallest absolute Gasteiger partial charge is 0.258 e. The van der Waals surface area contributed by atoms with Crippen LogP contribution in [0.4, 0.5) is 0 Å². The van der Waals surface area contributed by atoms with Crippen molar-refractivity contribution < 1.29 is 14.6 Å². The zero-order chi connectivity index (χ0) is 23.2. The highest BCUT2D eigenvalue weighted by atomic mass is 79.9. The van der Waals surface area contributed by atoms with E-state index in [0.717, 1.165) is 21.3 Å². The number of ether oxygens (including phenoxy) is 1. The van der Waals surface area contributed by atoms with Gasteiger partial charge in [0.1, 0.15) is 24.1 Å². The number of phenolic OH excluding ortho intramolecular Hbond substituents is 1. The van der Waals surface area contributed by atoms with Crippen LogP contribution in [0.2, 0.25) is 0 Å². The van der Waals surface area contributed by atoms with Crippen LogP contribution >= 0.6 is 15.9 Å². The second-order valence-electron chi connectivity index (χ2n) is 7.91. The Bertz CT molecular complexity index is 1130. The molecule has 0 bridgehead atoms. The Kier molecular flexibility index (Phi) is 7.39. The van der Waals surface area contributed by atoms with E-state index in [1.54, 1.807) is 18.2 Å². The molecule has 0 aromatic heterocycles. The van der Waals surface area contributed by atoms with E-state index >= 15 is 0 Å². The maximum atomic E-state index is 12.4. The normalized spacial score (nSPS) is 17.9. The summed E-state index contributed by atoms with van der Waals surface area (Å²) in [7, 11) is 0. The lowest BCUT2D eigenvalue weighted by Crippen LogP contribution is -2.41. The summed E-state index contributed by atoms with van der Waals surface area (Å²) in [6.45, 7) is 2.58. The maximum Gasteiger partial charge on any atom is 0.258 e. The SMILES string of the molecule is Cc1ccc(COc2ccc(C3CC(C(=O)N/N=C/c4cc(Br)ccc4O)NN3)cc2)cc1. The van der Waals surface area contributed by atoms with Crippen LogP contribution in [0.3, 0.4) is 0 Å². The zero-order valence-corrected chi connectivity index (χ0v) is 19.7. The van der Waals surface area contributed by atoms with E-state index in [4.69, 9.17) is 4.74 Å². The minimum atomic E-state index is -0.430. The first-order valence-corrected chi connectivity index (χ1v) is 11.4. The first kappa shape index (κ1) is 23.0. The van der Waals surface area contributed by atoms with Crippen molar-refractivity contribution in [3.63, 3.8) is 0 Å². The number of benzene rings is 3. The molecule has 170 valence electrons. The number of aromatic hydroxyl groups is 1. The molecule has 0 spiro atoms. The Morgan fingerprint density at radius 1 is 1.15 bits per heavy atom. The Labute approximate surface area is 201 Å². The molecule has 1 amide bonds. The Morgan fingerprint density at radius 3 is 2.67 bits per heavy atom. The second kappa shape index (κ2) is 10.6. The van der Waals surface area contributed by atoms with Gasteiger partial charge in [0, 0.05) is 16.1 Å². The van der Waals surface area contributed by atoms with Gasteiger partial charge in [-0.3, -0.25) is 4.79 Å². The van der Waals surface area contributed by atoms with Gasteiger partial charge < -0.3 is 9.84 Å². The number of nitrogens with one attached hydrogen (secondary N) is 3. The quantitative estimate of drug-likeness (QED) is 0.284. The van der Waals surface area contributed by atoms with Crippen LogP contribution in [0.15, 0.2) is 76.3 Å². The van der Waals surface area contributed by atoms with Crippen LogP contribution in [0.1, 0.15) is 34.7 Å². The Balaban J connectivity index is 1.27. The number of carbonyl (C=O) groups is 1. The van der Waals surface area contributed by atoms with E-state index in [1.165, 1.54) is 11.8 Å². The number of carbonyl (C=O) groups excluding carboxylic acids is 1. The minimum Gasteiger partial charge on any atom is -0.507 e. The number of halogens is 1. The van der Waals surface area contributed by atoms with E-state index in [0.29, 0.717) is 18.6 Å². The highest BCUT2D eigenvalue weighted by Gasteiger charge is 2.30. The van der Waals surface area contributed by atoms with Crippen molar-refractivity contribution in [3.8, 4) is 11.5 Å². The first-order valence-electron chi connectivity index (χ1n) is 10.6. The fraction of sp³-hybridized carbons (Fsp3) is 0.200. The fourth-order valence-electron chi connectivity index (χ4n) is 3.47. The van der Waals surface area contributed by atoms with Crippen LogP contribution in [0, 0.1) is 6.92 Å². The molecule has 1 heterocycles. The molecule has 1 saturated heterocycles. The minimum absolute atomic E-state index is 0.00926. The molecule has 7 nitrogen and oxygen atoms in total. The number of hydrazine groups is 1. The van der Waals surface area contributed by atoms with Crippen molar-refractivity contribution >= 4 is 28.1 Å². The van der Waals surface area contributed by atoms with Crippen LogP contribution in [0.5, 0.6) is 11.5 Å². The fourth-order valence-corrected chi connectivity index (χ4v) is 3.84. The molecule has 3 aromatic rings. The van der Waals surface area contributed by atoms with Gasteiger partial charge in [-0.05, 0) is 54.8 Å². The van der Waals surface area contributed by atoms with Crippen LogP contribution in [-0.2, 0) is 11.4 Å². The summed E-state index contributed by atoms with van der Waals surface area (Å²) in [4.78, 5) is 12.4. The summed E-state index contributed by atoms with van der Waals surface area (Å²) >= 11 is 3.34. The number of phenols is 1. The molecule has 1 fully saturated rings. The molecular formula is C25H25BrN4O3. The molecule has 33 heavy (non-hydrogen) atoms. The van der Waals surface area contributed by atoms with Crippen LogP contribution < -0.4 is 21.0 Å². The third kappa shape index (κ3) is 6.19. The van der Waals surface area contributed by atoms with E-state index < -0.39 is 6.04 Å². The zero-order valence-electron chi connectivity index (χ0n) is 18.1. The number of hydrogen-bond acceptors (Lipinski definition) is 6. The summed E-state index contributed by atoms with van der Waals surface area (Å²) in [5.74, 6) is 0.627. The molecule has 0 saturated carbocycles. The van der Waals surface area contributed by atoms with Gasteiger partial charge in [-0.1, -0.05) is 57.9 Å². The van der Waals surface area contributed by atoms with Crippen LogP contribution in [0.25, 0.3) is 0 Å². The Morgan fingerprint density at radius 2 is 1.91 bits per heavy atom. The molecule has 2 atom stereocenters. The molecule has 0 aliphatic carbocycles. The predicted octanol–water partition coefficient (Wildman–Crippen LogP) is 4.10. The predicted molar refractivity (Wildman–Crippen MR) is 131 cm³/mol. The van der Waals surface area contributed by atoms with Crippen molar-refractivity contribution in [1.29, 1.82) is 0 Å². The lowest BCUT2D eigenvalue weighted by Gasteiger charge is -2.11. The largest absolute Gasteiger partial charge is 0.507 e. The lowest BCUT2D eigenvalue weighted by atomic mass is 10.0. The van der Waals surface area contributed by atoms with Gasteiger partial charge in [0.15, 0.2) is 0 Å². The van der Waals surface area contributed by atoms with E-state index in [1.807, 2.05) is 24.3 Å². The monoisotopic (exact) mass is 508 g/mol. The molecule has 1 aliphatic rings. The Hall–Kier alpha value is -3.20. The van der Waals surface area contributed by atoms with Gasteiger partial charge in [0.2, 0.25) is 0 Å². The van der Waals surface area contributed by atoms with Crippen molar-refractivity contribution in [3.05, 3.63) is 93.5 Å². The lowest BCUT2D eigenvalue weighted by molar-refractivity contribution is -0.122. The summed E-state index contributed by atoms with van der Waals surface area (Å²) in [5.41, 5.74) is 12.6. The highest BCUT2D eigenvalue weighted by molar-refractivity contribution is 9.10. The number of hydrazone groups is 1. The van der Waals surface area contributed by atoms with Crippen molar-refractivity contribution in [2.45, 2.75) is 32.0 Å². The van der Waals surface area contributed by atoms with Crippen molar-refractivity contribution in [1.82, 2.24) is 16.3 Å². The molecule has 8 heteroatoms. The molecule has 0 radical (unpaired) electrons. The van der Waals surface area contributed by atoms with E-state index in [2.05, 4.69) is 68.5 Å². The van der Waals surface area contributed by atoms with Crippen molar-refractivity contribution in [2.24, 2.45) is 5.10 Å². The van der Waals surface area contributed by atoms with Crippen molar-refractivity contribution in [2.75, 3.05) is 0 Å². The summed E-state index contributed by atoms with van der Waals surface area (Å²) in [6.07, 6.45) is 1.99. The maximum absolute atomic E-state index is 12.4. The third-order valence-electron chi connectivity index (χ3n) is 5.40. The van der Waals surface area contributed by atoms with E-state index in [9.17, 15) is 9.90 Å². The topological polar surface area (TPSA) is 95.0 Å². The molecule has 1 aliphatic heterocycles. The molecule has 3 aromatic carbocycles. The van der Waals surface area contributed by atoms with Gasteiger partial charge in [0.05, 0.1) is 6.21 Å². The average molecular weight is 509 g/mol. The number of rotatable bonds is 7. The number of nitrogens with zero attached hydrogens (tertiary/aromatic N) is 1. The summed E-state index contributed by atoms with van der Waals surface area (Å²) in [6, 6.07) is 20.7. The third-order valence-corrected chi connectivity index (χ3v) is 5.89. The summed E-state index contributed by atoms with van der Waals surface area (Å²) < 4.78 is 6.68. The number of amides is 1. The first-order chi connectivity index (χ1) is 16.0. The van der Waals surface area contributed by atoms with Gasteiger partial charge in [-0.25, -0.2) is 16.3 Å². The van der Waals surface area contributed by atoms with E-state index in [-0.39, 0.29) is 17.7 Å². The standard InChI is InChI=1S/C25H25BrN4O3/c1-16-2-4-17(5-3-16)15-33-21-9-6-18(7-10-21)22-13-23(29-28-22)25(32)30-27-14-19-12-20(26)8-11-24(19)31/h2-12,14,22-23,28-29,31H,13,15H2,1H3,(H,30,32)/b27-14+. The average Bonchev–Trinajstić information content (AvgIpc) is 3.32. The van der Waals surface area contributed by atoms with Crippen LogP contribution in [-0.4, -0.2) is 23.3 Å². The summed E-state index contributed by atoms with van der Waals surface area (Å²) in [5, 5.41) is 13.8. The molecule has 4 N–H and O–H groups in total. The van der Waals surface area contributed by atoms with Gasteiger partial charge in [-0.2, -0.15) is 5.10 Å². The highest BCUT2D eigenvalue weighted by Crippen LogP contribution is 2.25. The number of hydrogen-bond donors (Lipinski definition) is 4. The second-order valence-corrected chi connectivity index (χ2v) is 8.83. The molecular weight excluding hydrogens is 484 g/mol. The van der Waals surface area contributed by atoms with Gasteiger partial charge in [-0.15, -0.1) is 0 Å². The van der Waals surface area contributed by atoms with Gasteiger partial charge in [0.25, 0.3) is 5.91 Å².